The summed E-state index contributed by atoms with van der Waals surface area (Å²) in [5, 5.41) is 32.5. The predicted molar refractivity (Wildman–Crippen MR) is 47.8 cm³/mol. The van der Waals surface area contributed by atoms with Gasteiger partial charge in [0.2, 0.25) is 0 Å². The molecule has 14 heavy (non-hydrogen) atoms. The maximum Gasteiger partial charge on any atom is 0.303 e. The van der Waals surface area contributed by atoms with Crippen LogP contribution in [0.5, 0.6) is 0 Å². The molecule has 0 fully saturated rings. The van der Waals surface area contributed by atoms with Gasteiger partial charge in [-0.05, 0) is 0 Å². The first kappa shape index (κ1) is 15.3. The van der Waals surface area contributed by atoms with Crippen LogP contribution in [0.3, 0.4) is 0 Å². The van der Waals surface area contributed by atoms with Crippen LogP contribution in [0.15, 0.2) is 0 Å². The number of aliphatic hydroxyl groups excluding tert-OH is 2. The van der Waals surface area contributed by atoms with E-state index in [4.69, 9.17) is 20.4 Å². The highest BCUT2D eigenvalue weighted by Crippen LogP contribution is 1.98. The first-order valence-corrected chi connectivity index (χ1v) is 4.13. The van der Waals surface area contributed by atoms with Crippen molar-refractivity contribution in [2.24, 2.45) is 5.92 Å². The Balaban J connectivity index is 0. The molecule has 0 aliphatic heterocycles. The Hall–Kier alpha value is -1.14. The van der Waals surface area contributed by atoms with Gasteiger partial charge in [-0.25, -0.2) is 0 Å². The van der Waals surface area contributed by atoms with Crippen LogP contribution in [-0.4, -0.2) is 45.6 Å². The lowest BCUT2D eigenvalue weighted by Crippen LogP contribution is -2.15. The Kier molecular flexibility index (Phi) is 10.9. The number of carbonyl (C=O) groups is 2. The van der Waals surface area contributed by atoms with E-state index in [0.29, 0.717) is 0 Å². The molecule has 0 aliphatic carbocycles. The highest BCUT2D eigenvalue weighted by Gasteiger charge is 2.09. The standard InChI is InChI=1S/C5H10O4.C3H6O2/c6-2-4(3-7)1-5(8)9;1-2-3(4)5/h4,6-7H,1-3H2,(H,8,9);2H2,1H3,(H,4,5). The average molecular weight is 208 g/mol. The molecule has 84 valence electrons. The summed E-state index contributed by atoms with van der Waals surface area (Å²) in [7, 11) is 0. The molecule has 0 spiro atoms. The van der Waals surface area contributed by atoms with Gasteiger partial charge in [0, 0.05) is 25.6 Å². The maximum atomic E-state index is 9.91. The third kappa shape index (κ3) is 13.4. The smallest absolute Gasteiger partial charge is 0.303 e. The van der Waals surface area contributed by atoms with E-state index in [1.807, 2.05) is 0 Å². The molecule has 0 aromatic heterocycles. The van der Waals surface area contributed by atoms with Crippen molar-refractivity contribution in [1.82, 2.24) is 0 Å². The molecule has 4 N–H and O–H groups in total. The lowest BCUT2D eigenvalue weighted by molar-refractivity contribution is -0.139. The van der Waals surface area contributed by atoms with E-state index in [1.165, 1.54) is 0 Å². The van der Waals surface area contributed by atoms with E-state index in [0.717, 1.165) is 0 Å². The fourth-order valence-electron chi connectivity index (χ4n) is 0.434. The number of carboxylic acids is 2. The quantitative estimate of drug-likeness (QED) is 0.486. The molecule has 0 atom stereocenters. The Morgan fingerprint density at radius 2 is 1.43 bits per heavy atom. The molecular weight excluding hydrogens is 192 g/mol. The second-order valence-corrected chi connectivity index (χ2v) is 2.58. The van der Waals surface area contributed by atoms with E-state index in [-0.39, 0.29) is 26.1 Å². The van der Waals surface area contributed by atoms with Crippen molar-refractivity contribution in [3.63, 3.8) is 0 Å². The molecule has 6 heteroatoms. The molecule has 0 bridgehead atoms. The van der Waals surface area contributed by atoms with Crippen molar-refractivity contribution >= 4 is 11.9 Å². The molecule has 0 aromatic carbocycles. The van der Waals surface area contributed by atoms with Gasteiger partial charge in [0.1, 0.15) is 0 Å². The summed E-state index contributed by atoms with van der Waals surface area (Å²) >= 11 is 0. The average Bonchev–Trinajstić information content (AvgIpc) is 2.14. The molecule has 0 saturated heterocycles. The van der Waals surface area contributed by atoms with Crippen molar-refractivity contribution in [2.45, 2.75) is 19.8 Å². The van der Waals surface area contributed by atoms with Crippen LogP contribution in [0, 0.1) is 5.92 Å². The van der Waals surface area contributed by atoms with E-state index >= 15 is 0 Å². The number of hydrogen-bond acceptors (Lipinski definition) is 4. The number of rotatable bonds is 5. The molecular formula is C8H16O6. The van der Waals surface area contributed by atoms with Gasteiger partial charge in [0.25, 0.3) is 0 Å². The SMILES string of the molecule is CCC(=O)O.O=C(O)CC(CO)CO. The highest BCUT2D eigenvalue weighted by atomic mass is 16.4. The van der Waals surface area contributed by atoms with Gasteiger partial charge in [-0.1, -0.05) is 6.92 Å². The minimum atomic E-state index is -0.997. The number of hydrogen-bond donors (Lipinski definition) is 4. The van der Waals surface area contributed by atoms with Gasteiger partial charge in [-0.3, -0.25) is 9.59 Å². The van der Waals surface area contributed by atoms with Crippen LogP contribution in [0.4, 0.5) is 0 Å². The predicted octanol–water partition coefficient (Wildman–Crippen LogP) is -0.457. The number of aliphatic hydroxyl groups is 2. The first-order valence-electron chi connectivity index (χ1n) is 4.13. The van der Waals surface area contributed by atoms with Gasteiger partial charge in [0.15, 0.2) is 0 Å². The lowest BCUT2D eigenvalue weighted by atomic mass is 10.1. The largest absolute Gasteiger partial charge is 0.481 e. The zero-order valence-corrected chi connectivity index (χ0v) is 8.01. The fraction of sp³-hybridized carbons (Fsp3) is 0.750. The minimum absolute atomic E-state index is 0.174. The summed E-state index contributed by atoms with van der Waals surface area (Å²) < 4.78 is 0. The minimum Gasteiger partial charge on any atom is -0.481 e. The molecule has 6 nitrogen and oxygen atoms in total. The molecule has 0 rings (SSSR count). The van der Waals surface area contributed by atoms with E-state index in [2.05, 4.69) is 0 Å². The molecule has 0 aromatic rings. The summed E-state index contributed by atoms with van der Waals surface area (Å²) in [5.74, 6) is -2.25. The summed E-state index contributed by atoms with van der Waals surface area (Å²) in [5.41, 5.74) is 0. The molecule has 0 heterocycles. The van der Waals surface area contributed by atoms with Gasteiger partial charge in [-0.2, -0.15) is 0 Å². The van der Waals surface area contributed by atoms with Crippen LogP contribution in [0.2, 0.25) is 0 Å². The van der Waals surface area contributed by atoms with Crippen LogP contribution < -0.4 is 0 Å². The van der Waals surface area contributed by atoms with E-state index in [1.54, 1.807) is 6.92 Å². The zero-order chi connectivity index (χ0) is 11.6. The lowest BCUT2D eigenvalue weighted by Gasteiger charge is -2.04. The molecule has 0 amide bonds. The van der Waals surface area contributed by atoms with E-state index < -0.39 is 17.9 Å². The van der Waals surface area contributed by atoms with Gasteiger partial charge < -0.3 is 20.4 Å². The van der Waals surface area contributed by atoms with Crippen LogP contribution >= 0.6 is 0 Å². The maximum absolute atomic E-state index is 9.91. The van der Waals surface area contributed by atoms with Crippen molar-refractivity contribution in [3.8, 4) is 0 Å². The van der Waals surface area contributed by atoms with E-state index in [9.17, 15) is 9.59 Å². The molecule has 0 saturated carbocycles. The Morgan fingerprint density at radius 3 is 1.50 bits per heavy atom. The van der Waals surface area contributed by atoms with Crippen LogP contribution in [0.25, 0.3) is 0 Å². The van der Waals surface area contributed by atoms with Crippen LogP contribution in [-0.2, 0) is 9.59 Å². The summed E-state index contributed by atoms with van der Waals surface area (Å²) in [4.78, 5) is 19.3. The van der Waals surface area contributed by atoms with Crippen molar-refractivity contribution in [2.75, 3.05) is 13.2 Å². The van der Waals surface area contributed by atoms with Gasteiger partial charge in [0.05, 0.1) is 6.42 Å². The Morgan fingerprint density at radius 1 is 1.07 bits per heavy atom. The third-order valence-corrected chi connectivity index (χ3v) is 1.28. The summed E-state index contributed by atoms with van der Waals surface area (Å²) in [6.07, 6.45) is 0.0486. The Labute approximate surface area is 81.8 Å². The molecule has 0 radical (unpaired) electrons. The second kappa shape index (κ2) is 9.94. The fourth-order valence-corrected chi connectivity index (χ4v) is 0.434. The van der Waals surface area contributed by atoms with Crippen molar-refractivity contribution in [3.05, 3.63) is 0 Å². The van der Waals surface area contributed by atoms with Crippen molar-refractivity contribution in [1.29, 1.82) is 0 Å². The zero-order valence-electron chi connectivity index (χ0n) is 8.01. The second-order valence-electron chi connectivity index (χ2n) is 2.58. The van der Waals surface area contributed by atoms with Crippen LogP contribution in [0.1, 0.15) is 19.8 Å². The van der Waals surface area contributed by atoms with Gasteiger partial charge >= 0.3 is 11.9 Å². The summed E-state index contributed by atoms with van der Waals surface area (Å²) in [6, 6.07) is 0. The summed E-state index contributed by atoms with van der Waals surface area (Å²) in [6.45, 7) is 1.05. The monoisotopic (exact) mass is 208 g/mol. The third-order valence-electron chi connectivity index (χ3n) is 1.28. The molecule has 0 aliphatic rings. The topological polar surface area (TPSA) is 115 Å². The number of aliphatic carboxylic acids is 2. The number of carboxylic acid groups (broad SMARTS) is 2. The molecule has 0 unspecified atom stereocenters. The van der Waals surface area contributed by atoms with Gasteiger partial charge in [-0.15, -0.1) is 0 Å². The normalized spacial score (nSPS) is 9.14. The highest BCUT2D eigenvalue weighted by molar-refractivity contribution is 5.67. The first-order chi connectivity index (χ1) is 6.47. The van der Waals surface area contributed by atoms with Crippen molar-refractivity contribution < 1.29 is 30.0 Å². The Bertz CT molecular complexity index is 163.